The normalized spacial score (nSPS) is 12.0. The van der Waals surface area contributed by atoms with Crippen molar-refractivity contribution in [1.82, 2.24) is 9.38 Å². The molecular weight excluding hydrogens is 504 g/mol. The van der Waals surface area contributed by atoms with Crippen molar-refractivity contribution < 1.29 is 0 Å². The number of aromatic nitrogens is 2. The molecule has 0 unspecified atom stereocenters. The highest BCUT2D eigenvalue weighted by Crippen LogP contribution is 2.45. The monoisotopic (exact) mass is 526 g/mol. The summed E-state index contributed by atoms with van der Waals surface area (Å²) in [6, 6.07) is 48.3. The molecular formula is C37H22N2S. The molecule has 6 aromatic carbocycles. The smallest absolute Gasteiger partial charge is 0.139 e. The molecule has 3 heterocycles. The second-order valence-electron chi connectivity index (χ2n) is 10.4. The molecule has 9 rings (SSSR count). The molecule has 0 aliphatic rings. The second kappa shape index (κ2) is 8.25. The first kappa shape index (κ1) is 21.9. The molecule has 0 amide bonds. The quantitative estimate of drug-likeness (QED) is 0.205. The summed E-state index contributed by atoms with van der Waals surface area (Å²) in [6.07, 6.45) is 0. The highest BCUT2D eigenvalue weighted by atomic mass is 32.1. The molecule has 40 heavy (non-hydrogen) atoms. The lowest BCUT2D eigenvalue weighted by Crippen LogP contribution is -1.95. The third-order valence-corrected chi connectivity index (χ3v) is 9.32. The SMILES string of the molecule is c1ccc2cc(-c3c4ccccc4c(-c4cccc5nc6c7ccccc7sc6n45)c4ccccc34)ccc2c1. The van der Waals surface area contributed by atoms with Gasteiger partial charge in [0.25, 0.3) is 0 Å². The molecule has 0 saturated heterocycles. The lowest BCUT2D eigenvalue weighted by molar-refractivity contribution is 1.25. The molecule has 0 aliphatic carbocycles. The summed E-state index contributed by atoms with van der Waals surface area (Å²) in [6.45, 7) is 0. The molecule has 9 aromatic rings. The van der Waals surface area contributed by atoms with E-state index in [4.69, 9.17) is 4.98 Å². The lowest BCUT2D eigenvalue weighted by atomic mass is 9.86. The maximum Gasteiger partial charge on any atom is 0.139 e. The number of fused-ring (bicyclic) bond motifs is 8. The Bertz CT molecular complexity index is 2390. The molecule has 0 N–H and O–H groups in total. The molecule has 0 aliphatic heterocycles. The van der Waals surface area contributed by atoms with Crippen LogP contribution < -0.4 is 0 Å². The number of nitrogens with zero attached hydrogens (tertiary/aromatic N) is 2. The third kappa shape index (κ3) is 3.01. The number of hydrogen-bond donors (Lipinski definition) is 0. The van der Waals surface area contributed by atoms with Crippen LogP contribution in [0.25, 0.3) is 80.8 Å². The number of imidazole rings is 1. The van der Waals surface area contributed by atoms with Crippen molar-refractivity contribution in [2.75, 3.05) is 0 Å². The predicted molar refractivity (Wildman–Crippen MR) is 171 cm³/mol. The van der Waals surface area contributed by atoms with E-state index in [0.717, 1.165) is 11.2 Å². The van der Waals surface area contributed by atoms with Gasteiger partial charge in [-0.05, 0) is 67.7 Å². The van der Waals surface area contributed by atoms with Crippen molar-refractivity contribution in [3.63, 3.8) is 0 Å². The number of thiophene rings is 1. The van der Waals surface area contributed by atoms with E-state index >= 15 is 0 Å². The average Bonchev–Trinajstić information content (AvgIpc) is 3.56. The summed E-state index contributed by atoms with van der Waals surface area (Å²) < 4.78 is 3.63. The van der Waals surface area contributed by atoms with Crippen LogP contribution in [0.5, 0.6) is 0 Å². The summed E-state index contributed by atoms with van der Waals surface area (Å²) in [4.78, 5) is 6.31. The zero-order valence-electron chi connectivity index (χ0n) is 21.5. The summed E-state index contributed by atoms with van der Waals surface area (Å²) in [7, 11) is 0. The van der Waals surface area contributed by atoms with Gasteiger partial charge in [-0.25, -0.2) is 4.98 Å². The van der Waals surface area contributed by atoms with E-state index in [-0.39, 0.29) is 0 Å². The van der Waals surface area contributed by atoms with Crippen molar-refractivity contribution in [3.05, 3.63) is 133 Å². The highest BCUT2D eigenvalue weighted by Gasteiger charge is 2.20. The van der Waals surface area contributed by atoms with Crippen LogP contribution in [0.2, 0.25) is 0 Å². The van der Waals surface area contributed by atoms with Gasteiger partial charge in [-0.15, -0.1) is 11.3 Å². The molecule has 186 valence electrons. The van der Waals surface area contributed by atoms with Crippen molar-refractivity contribution in [2.45, 2.75) is 0 Å². The third-order valence-electron chi connectivity index (χ3n) is 8.18. The summed E-state index contributed by atoms with van der Waals surface area (Å²) >= 11 is 1.82. The van der Waals surface area contributed by atoms with Gasteiger partial charge in [0.1, 0.15) is 16.0 Å². The van der Waals surface area contributed by atoms with Crippen molar-refractivity contribution in [3.8, 4) is 22.4 Å². The van der Waals surface area contributed by atoms with Gasteiger partial charge < -0.3 is 0 Å². The topological polar surface area (TPSA) is 17.3 Å². The van der Waals surface area contributed by atoms with Gasteiger partial charge in [-0.2, -0.15) is 0 Å². The molecule has 0 spiro atoms. The number of pyridine rings is 1. The zero-order valence-corrected chi connectivity index (χ0v) is 22.3. The molecule has 0 bridgehead atoms. The molecule has 0 saturated carbocycles. The molecule has 3 heteroatoms. The minimum Gasteiger partial charge on any atom is -0.284 e. The Hall–Kier alpha value is -4.99. The van der Waals surface area contributed by atoms with E-state index in [1.807, 2.05) is 11.3 Å². The zero-order chi connectivity index (χ0) is 26.2. The second-order valence-corrected chi connectivity index (χ2v) is 11.4. The molecule has 0 atom stereocenters. The lowest BCUT2D eigenvalue weighted by Gasteiger charge is -2.18. The Morgan fingerprint density at radius 2 is 1.12 bits per heavy atom. The maximum absolute atomic E-state index is 5.12. The fourth-order valence-electron chi connectivity index (χ4n) is 6.45. The Balaban J connectivity index is 1.44. The minimum absolute atomic E-state index is 0.983. The van der Waals surface area contributed by atoms with Gasteiger partial charge >= 0.3 is 0 Å². The predicted octanol–water partition coefficient (Wildman–Crippen LogP) is 10.5. The molecule has 0 radical (unpaired) electrons. The van der Waals surface area contributed by atoms with Crippen molar-refractivity contribution >= 4 is 69.7 Å². The fraction of sp³-hybridized carbons (Fsp3) is 0. The van der Waals surface area contributed by atoms with Gasteiger partial charge in [0.15, 0.2) is 0 Å². The number of benzene rings is 6. The van der Waals surface area contributed by atoms with E-state index in [9.17, 15) is 0 Å². The van der Waals surface area contributed by atoms with Gasteiger partial charge in [0.2, 0.25) is 0 Å². The minimum atomic E-state index is 0.983. The van der Waals surface area contributed by atoms with E-state index in [1.54, 1.807) is 0 Å². The van der Waals surface area contributed by atoms with E-state index in [2.05, 4.69) is 138 Å². The van der Waals surface area contributed by atoms with E-state index in [0.29, 0.717) is 0 Å². The van der Waals surface area contributed by atoms with Gasteiger partial charge in [-0.3, -0.25) is 4.40 Å². The Morgan fingerprint density at radius 3 is 1.88 bits per heavy atom. The summed E-state index contributed by atoms with van der Waals surface area (Å²) in [5.41, 5.74) is 7.00. The van der Waals surface area contributed by atoms with Gasteiger partial charge in [-0.1, -0.05) is 109 Å². The van der Waals surface area contributed by atoms with Crippen LogP contribution in [0, 0.1) is 0 Å². The standard InChI is InChI=1S/C37H22N2S/c1-2-11-24-22-25(21-20-23(24)10-1)34-26-12-3-5-14-28(26)35(29-15-6-4-13-27(29)34)31-17-9-19-33-38-36-30-16-7-8-18-32(30)40-37(36)39(31)33/h1-22H. The van der Waals surface area contributed by atoms with Crippen LogP contribution in [0.1, 0.15) is 0 Å². The van der Waals surface area contributed by atoms with Crippen LogP contribution in [-0.2, 0) is 0 Å². The van der Waals surface area contributed by atoms with Gasteiger partial charge in [0.05, 0.1) is 5.69 Å². The fourth-order valence-corrected chi connectivity index (χ4v) is 7.61. The Morgan fingerprint density at radius 1 is 0.500 bits per heavy atom. The molecule has 3 aromatic heterocycles. The number of hydrogen-bond acceptors (Lipinski definition) is 2. The van der Waals surface area contributed by atoms with E-state index < -0.39 is 0 Å². The summed E-state index contributed by atoms with van der Waals surface area (Å²) in [5, 5.41) is 8.76. The van der Waals surface area contributed by atoms with Crippen molar-refractivity contribution in [1.29, 1.82) is 0 Å². The molecule has 0 fully saturated rings. The highest BCUT2D eigenvalue weighted by molar-refractivity contribution is 7.25. The maximum atomic E-state index is 5.12. The van der Waals surface area contributed by atoms with Crippen molar-refractivity contribution in [2.24, 2.45) is 0 Å². The van der Waals surface area contributed by atoms with Gasteiger partial charge in [0, 0.05) is 15.6 Å². The Labute approximate surface area is 234 Å². The van der Waals surface area contributed by atoms with Crippen LogP contribution in [-0.4, -0.2) is 9.38 Å². The first-order valence-electron chi connectivity index (χ1n) is 13.6. The molecule has 2 nitrogen and oxygen atoms in total. The first-order chi connectivity index (χ1) is 19.8. The average molecular weight is 527 g/mol. The first-order valence-corrected chi connectivity index (χ1v) is 14.4. The number of rotatable bonds is 2. The van der Waals surface area contributed by atoms with Crippen LogP contribution in [0.15, 0.2) is 133 Å². The Kier molecular flexibility index (Phi) is 4.52. The van der Waals surface area contributed by atoms with Crippen LogP contribution in [0.3, 0.4) is 0 Å². The van der Waals surface area contributed by atoms with Crippen LogP contribution in [0.4, 0.5) is 0 Å². The summed E-state index contributed by atoms with van der Waals surface area (Å²) in [5.74, 6) is 0. The largest absolute Gasteiger partial charge is 0.284 e. The van der Waals surface area contributed by atoms with E-state index in [1.165, 1.54) is 69.6 Å². The van der Waals surface area contributed by atoms with Crippen LogP contribution >= 0.6 is 11.3 Å².